The van der Waals surface area contributed by atoms with Crippen LogP contribution in [0.1, 0.15) is 425 Å². The van der Waals surface area contributed by atoms with Crippen molar-refractivity contribution in [3.63, 3.8) is 0 Å². The molecule has 0 heterocycles. The molecule has 80 heavy (non-hydrogen) atoms. The number of rotatable bonds is 70. The second-order valence-corrected chi connectivity index (χ2v) is 25.6. The van der Waals surface area contributed by atoms with E-state index in [0.717, 1.165) is 38.5 Å². The van der Waals surface area contributed by atoms with Gasteiger partial charge in [0.05, 0.1) is 25.4 Å². The largest absolute Gasteiger partial charge is 0.466 e. The molecule has 476 valence electrons. The maximum Gasteiger partial charge on any atom is 0.305 e. The van der Waals surface area contributed by atoms with Crippen LogP contribution in [-0.4, -0.2) is 47.4 Å². The molecule has 0 aromatic heterocycles. The zero-order valence-corrected chi connectivity index (χ0v) is 54.6. The van der Waals surface area contributed by atoms with Crippen molar-refractivity contribution in [2.45, 2.75) is 437 Å². The van der Waals surface area contributed by atoms with Crippen molar-refractivity contribution in [3.05, 3.63) is 12.2 Å². The SMILES string of the molecule is CCCCCCCCCCCCCC/C=C/C(O)C(CO)NC(=O)CCCCCCCCCCCCCCCCCCCCCCCCCCCCCCCCOC(=O)CCCCCCCCCCCCCCCCCCCCC. The van der Waals surface area contributed by atoms with Gasteiger partial charge in [0, 0.05) is 12.8 Å². The molecule has 0 bridgehead atoms. The van der Waals surface area contributed by atoms with Gasteiger partial charge in [0.1, 0.15) is 0 Å². The smallest absolute Gasteiger partial charge is 0.305 e. The first-order valence-electron chi connectivity index (χ1n) is 37.0. The Labute approximate surface area is 501 Å². The highest BCUT2D eigenvalue weighted by Crippen LogP contribution is 2.20. The minimum Gasteiger partial charge on any atom is -0.466 e. The Balaban J connectivity index is 3.31. The van der Waals surface area contributed by atoms with Gasteiger partial charge in [0.15, 0.2) is 0 Å². The predicted octanol–water partition coefficient (Wildman–Crippen LogP) is 23.9. The van der Waals surface area contributed by atoms with Crippen molar-refractivity contribution in [1.82, 2.24) is 5.32 Å². The molecule has 0 saturated heterocycles. The van der Waals surface area contributed by atoms with Crippen molar-refractivity contribution < 1.29 is 24.5 Å². The number of hydrogen-bond acceptors (Lipinski definition) is 5. The van der Waals surface area contributed by atoms with Crippen molar-refractivity contribution in [2.75, 3.05) is 13.2 Å². The van der Waals surface area contributed by atoms with Gasteiger partial charge in [-0.2, -0.15) is 0 Å². The van der Waals surface area contributed by atoms with Crippen LogP contribution in [-0.2, 0) is 14.3 Å². The van der Waals surface area contributed by atoms with Crippen LogP contribution in [0, 0.1) is 0 Å². The first-order chi connectivity index (χ1) is 39.5. The van der Waals surface area contributed by atoms with Gasteiger partial charge < -0.3 is 20.3 Å². The van der Waals surface area contributed by atoms with E-state index < -0.39 is 12.1 Å². The van der Waals surface area contributed by atoms with Crippen LogP contribution in [0.4, 0.5) is 0 Å². The first-order valence-corrected chi connectivity index (χ1v) is 37.0. The molecule has 1 amide bonds. The molecule has 0 aliphatic carbocycles. The van der Waals surface area contributed by atoms with E-state index in [9.17, 15) is 19.8 Å². The molecular formula is C74H145NO5. The van der Waals surface area contributed by atoms with Crippen LogP contribution in [0.2, 0.25) is 0 Å². The van der Waals surface area contributed by atoms with Gasteiger partial charge in [-0.15, -0.1) is 0 Å². The summed E-state index contributed by atoms with van der Waals surface area (Å²) in [5.74, 6) is -0.0357. The van der Waals surface area contributed by atoms with Crippen LogP contribution in [0.15, 0.2) is 12.2 Å². The van der Waals surface area contributed by atoms with Gasteiger partial charge in [-0.25, -0.2) is 0 Å². The van der Waals surface area contributed by atoms with Crippen molar-refractivity contribution >= 4 is 11.9 Å². The normalized spacial score (nSPS) is 12.5. The number of aliphatic hydroxyl groups excluding tert-OH is 2. The second-order valence-electron chi connectivity index (χ2n) is 25.6. The summed E-state index contributed by atoms with van der Waals surface area (Å²) in [4.78, 5) is 24.6. The van der Waals surface area contributed by atoms with Crippen LogP contribution >= 0.6 is 0 Å². The number of hydrogen-bond donors (Lipinski definition) is 3. The van der Waals surface area contributed by atoms with E-state index in [2.05, 4.69) is 19.2 Å². The lowest BCUT2D eigenvalue weighted by molar-refractivity contribution is -0.143. The number of unbranched alkanes of at least 4 members (excludes halogenated alkanes) is 59. The van der Waals surface area contributed by atoms with Gasteiger partial charge in [-0.1, -0.05) is 392 Å². The molecular weight excluding hydrogens is 983 g/mol. The lowest BCUT2D eigenvalue weighted by Crippen LogP contribution is -2.45. The Hall–Kier alpha value is -1.40. The molecule has 0 rings (SSSR count). The third-order valence-electron chi connectivity index (χ3n) is 17.6. The van der Waals surface area contributed by atoms with Gasteiger partial charge in [-0.05, 0) is 32.1 Å². The molecule has 2 atom stereocenters. The van der Waals surface area contributed by atoms with E-state index in [1.807, 2.05) is 6.08 Å². The van der Waals surface area contributed by atoms with Crippen molar-refractivity contribution in [1.29, 1.82) is 0 Å². The summed E-state index contributed by atoms with van der Waals surface area (Å²) >= 11 is 0. The summed E-state index contributed by atoms with van der Waals surface area (Å²) in [7, 11) is 0. The number of esters is 1. The maximum atomic E-state index is 12.5. The topological polar surface area (TPSA) is 95.9 Å². The summed E-state index contributed by atoms with van der Waals surface area (Å²) in [6.45, 7) is 4.95. The summed E-state index contributed by atoms with van der Waals surface area (Å²) in [6.07, 6.45) is 87.4. The van der Waals surface area contributed by atoms with Crippen LogP contribution < -0.4 is 5.32 Å². The summed E-state index contributed by atoms with van der Waals surface area (Å²) in [6, 6.07) is -0.624. The van der Waals surface area contributed by atoms with Crippen LogP contribution in [0.5, 0.6) is 0 Å². The summed E-state index contributed by atoms with van der Waals surface area (Å²) in [5.41, 5.74) is 0. The minimum atomic E-state index is -0.840. The van der Waals surface area contributed by atoms with Gasteiger partial charge in [0.2, 0.25) is 5.91 Å². The molecule has 2 unspecified atom stereocenters. The quantitative estimate of drug-likeness (QED) is 0.0320. The van der Waals surface area contributed by atoms with E-state index in [0.29, 0.717) is 19.4 Å². The van der Waals surface area contributed by atoms with Gasteiger partial charge >= 0.3 is 5.97 Å². The monoisotopic (exact) mass is 1130 g/mol. The number of allylic oxidation sites excluding steroid dienone is 1. The number of carbonyl (C=O) groups excluding carboxylic acids is 2. The number of carbonyl (C=O) groups is 2. The average molecular weight is 1130 g/mol. The number of aliphatic hydroxyl groups is 2. The fourth-order valence-electron chi connectivity index (χ4n) is 11.9. The number of nitrogens with one attached hydrogen (secondary N) is 1. The Bertz CT molecular complexity index is 1210. The Morgan fingerprint density at radius 1 is 0.338 bits per heavy atom. The minimum absolute atomic E-state index is 0.0256. The molecule has 6 nitrogen and oxygen atoms in total. The number of ether oxygens (including phenoxy) is 1. The molecule has 0 fully saturated rings. The molecule has 0 aromatic rings. The zero-order chi connectivity index (χ0) is 57.8. The Kier molecular flexibility index (Phi) is 68.9. The summed E-state index contributed by atoms with van der Waals surface area (Å²) in [5, 5.41) is 23.2. The van der Waals surface area contributed by atoms with E-state index >= 15 is 0 Å². The lowest BCUT2D eigenvalue weighted by Gasteiger charge is -2.20. The highest BCUT2D eigenvalue weighted by atomic mass is 16.5. The van der Waals surface area contributed by atoms with Gasteiger partial charge in [-0.3, -0.25) is 9.59 Å². The standard InChI is InChI=1S/C74H145NO5/c1-3-5-7-9-11-13-15-17-19-20-33-37-40-44-48-52-56-60-64-68-74(79)80-69-65-61-57-53-49-45-41-38-35-32-30-28-26-24-22-21-23-25-27-29-31-34-36-39-43-47-51-55-59-63-67-73(78)75-71(70-76)72(77)66-62-58-54-50-46-42-18-16-14-12-10-8-6-4-2/h62,66,71-72,76-77H,3-61,63-65,67-70H2,1-2H3,(H,75,78)/b66-62+. The van der Waals surface area contributed by atoms with Gasteiger partial charge in [0.25, 0.3) is 0 Å². The molecule has 0 spiro atoms. The van der Waals surface area contributed by atoms with E-state index in [1.54, 1.807) is 6.08 Å². The fraction of sp³-hybridized carbons (Fsp3) is 0.946. The third kappa shape index (κ3) is 65.7. The zero-order valence-electron chi connectivity index (χ0n) is 54.6. The first kappa shape index (κ1) is 78.6. The molecule has 0 radical (unpaired) electrons. The second kappa shape index (κ2) is 70.1. The van der Waals surface area contributed by atoms with Crippen LogP contribution in [0.3, 0.4) is 0 Å². The molecule has 0 aromatic carbocycles. The van der Waals surface area contributed by atoms with Crippen LogP contribution in [0.25, 0.3) is 0 Å². The maximum absolute atomic E-state index is 12.5. The predicted molar refractivity (Wildman–Crippen MR) is 352 cm³/mol. The van der Waals surface area contributed by atoms with E-state index in [-0.39, 0.29) is 18.5 Å². The molecule has 0 aliphatic rings. The molecule has 6 heteroatoms. The molecule has 0 saturated carbocycles. The average Bonchev–Trinajstić information content (AvgIpc) is 3.46. The van der Waals surface area contributed by atoms with Crippen molar-refractivity contribution in [2.24, 2.45) is 0 Å². The van der Waals surface area contributed by atoms with E-state index in [4.69, 9.17) is 4.74 Å². The summed E-state index contributed by atoms with van der Waals surface area (Å²) < 4.78 is 5.52. The Morgan fingerprint density at radius 3 is 0.850 bits per heavy atom. The van der Waals surface area contributed by atoms with E-state index in [1.165, 1.54) is 360 Å². The Morgan fingerprint density at radius 2 is 0.575 bits per heavy atom. The molecule has 0 aliphatic heterocycles. The highest BCUT2D eigenvalue weighted by molar-refractivity contribution is 5.76. The van der Waals surface area contributed by atoms with Crippen molar-refractivity contribution in [3.8, 4) is 0 Å². The number of amides is 1. The fourth-order valence-corrected chi connectivity index (χ4v) is 11.9. The lowest BCUT2D eigenvalue weighted by atomic mass is 10.0. The third-order valence-corrected chi connectivity index (χ3v) is 17.6. The molecule has 3 N–H and O–H groups in total. The highest BCUT2D eigenvalue weighted by Gasteiger charge is 2.18.